The van der Waals surface area contributed by atoms with Gasteiger partial charge in [0, 0.05) is 12.6 Å². The molecule has 5 nitrogen and oxygen atoms in total. The van der Waals surface area contributed by atoms with Crippen LogP contribution in [-0.4, -0.2) is 28.6 Å². The van der Waals surface area contributed by atoms with Gasteiger partial charge in [0.25, 0.3) is 0 Å². The Morgan fingerprint density at radius 3 is 2.94 bits per heavy atom. The average Bonchev–Trinajstić information content (AvgIpc) is 3.14. The van der Waals surface area contributed by atoms with Gasteiger partial charge in [-0.2, -0.15) is 0 Å². The van der Waals surface area contributed by atoms with Gasteiger partial charge in [0.1, 0.15) is 11.5 Å². The van der Waals surface area contributed by atoms with Crippen LogP contribution in [0.25, 0.3) is 0 Å². The number of anilines is 1. The molecule has 1 aromatic rings. The van der Waals surface area contributed by atoms with Crippen LogP contribution in [0.15, 0.2) is 23.4 Å². The van der Waals surface area contributed by atoms with Gasteiger partial charge in [-0.3, -0.25) is 0 Å². The summed E-state index contributed by atoms with van der Waals surface area (Å²) in [5.74, 6) is 0.947. The number of aromatic nitrogens is 1. The lowest BCUT2D eigenvalue weighted by Gasteiger charge is -2.21. The average molecular weight is 220 g/mol. The van der Waals surface area contributed by atoms with E-state index in [2.05, 4.69) is 22.0 Å². The highest BCUT2D eigenvalue weighted by atomic mass is 16.4. The van der Waals surface area contributed by atoms with Crippen molar-refractivity contribution in [3.05, 3.63) is 23.9 Å². The second-order valence-electron chi connectivity index (χ2n) is 3.88. The van der Waals surface area contributed by atoms with E-state index in [1.54, 1.807) is 6.07 Å². The van der Waals surface area contributed by atoms with Gasteiger partial charge in [-0.15, -0.1) is 0 Å². The third kappa shape index (κ3) is 2.08. The van der Waals surface area contributed by atoms with E-state index >= 15 is 0 Å². The summed E-state index contributed by atoms with van der Waals surface area (Å²) in [4.78, 5) is 6.63. The molecular formula is C11H16N4O. The first-order chi connectivity index (χ1) is 7.76. The van der Waals surface area contributed by atoms with Crippen molar-refractivity contribution in [1.82, 2.24) is 4.98 Å². The molecule has 0 amide bonds. The van der Waals surface area contributed by atoms with E-state index in [1.807, 2.05) is 12.1 Å². The lowest BCUT2D eigenvalue weighted by Crippen LogP contribution is -2.27. The highest BCUT2D eigenvalue weighted by Crippen LogP contribution is 2.30. The van der Waals surface area contributed by atoms with E-state index in [-0.39, 0.29) is 5.84 Å². The zero-order valence-electron chi connectivity index (χ0n) is 9.30. The smallest absolute Gasteiger partial charge is 0.188 e. The van der Waals surface area contributed by atoms with Gasteiger partial charge in [-0.05, 0) is 31.9 Å². The Balaban J connectivity index is 2.27. The molecular weight excluding hydrogens is 204 g/mol. The van der Waals surface area contributed by atoms with Crippen LogP contribution < -0.4 is 10.6 Å². The number of hydrogen-bond donors (Lipinski definition) is 2. The molecule has 0 aromatic carbocycles. The van der Waals surface area contributed by atoms with Crippen LogP contribution in [-0.2, 0) is 0 Å². The van der Waals surface area contributed by atoms with E-state index in [9.17, 15) is 0 Å². The molecule has 0 spiro atoms. The molecule has 0 radical (unpaired) electrons. The first-order valence-corrected chi connectivity index (χ1v) is 5.48. The van der Waals surface area contributed by atoms with Gasteiger partial charge < -0.3 is 15.8 Å². The minimum atomic E-state index is 0.0497. The van der Waals surface area contributed by atoms with Crippen LogP contribution in [0, 0.1) is 0 Å². The SMILES string of the molecule is CCN(c1cccc(C(N)=NO)n1)C1CC1. The first kappa shape index (κ1) is 10.7. The predicted octanol–water partition coefficient (Wildman–Crippen LogP) is 1.16. The first-order valence-electron chi connectivity index (χ1n) is 5.48. The molecule has 0 bridgehead atoms. The maximum atomic E-state index is 8.61. The molecule has 1 saturated carbocycles. The fourth-order valence-electron chi connectivity index (χ4n) is 1.77. The molecule has 86 valence electrons. The molecule has 3 N–H and O–H groups in total. The lowest BCUT2D eigenvalue weighted by atomic mass is 10.3. The fraction of sp³-hybridized carbons (Fsp3) is 0.455. The maximum Gasteiger partial charge on any atom is 0.188 e. The minimum absolute atomic E-state index is 0.0497. The largest absolute Gasteiger partial charge is 0.409 e. The van der Waals surface area contributed by atoms with Gasteiger partial charge >= 0.3 is 0 Å². The summed E-state index contributed by atoms with van der Waals surface area (Å²) < 4.78 is 0. The monoisotopic (exact) mass is 220 g/mol. The molecule has 2 rings (SSSR count). The van der Waals surface area contributed by atoms with Gasteiger partial charge in [0.05, 0.1) is 0 Å². The Morgan fingerprint density at radius 1 is 1.62 bits per heavy atom. The highest BCUT2D eigenvalue weighted by Gasteiger charge is 2.28. The normalized spacial score (nSPS) is 16.2. The number of pyridine rings is 1. The second-order valence-corrected chi connectivity index (χ2v) is 3.88. The standard InChI is InChI=1S/C11H16N4O/c1-2-15(8-6-7-8)10-5-3-4-9(13-10)11(12)14-16/h3-5,8,16H,2,6-7H2,1H3,(H2,12,14). The summed E-state index contributed by atoms with van der Waals surface area (Å²) in [7, 11) is 0. The summed E-state index contributed by atoms with van der Waals surface area (Å²) in [6.45, 7) is 3.04. The molecule has 0 atom stereocenters. The Morgan fingerprint density at radius 2 is 2.38 bits per heavy atom. The summed E-state index contributed by atoms with van der Waals surface area (Å²) in [5, 5.41) is 11.6. The van der Waals surface area contributed by atoms with E-state index in [1.165, 1.54) is 12.8 Å². The molecule has 5 heteroatoms. The van der Waals surface area contributed by atoms with Crippen LogP contribution in [0.5, 0.6) is 0 Å². The number of rotatable bonds is 4. The summed E-state index contributed by atoms with van der Waals surface area (Å²) in [5.41, 5.74) is 6.03. The third-order valence-corrected chi connectivity index (χ3v) is 2.73. The van der Waals surface area contributed by atoms with Crippen LogP contribution in [0.2, 0.25) is 0 Å². The number of amidine groups is 1. The van der Waals surface area contributed by atoms with E-state index in [0.29, 0.717) is 11.7 Å². The fourth-order valence-corrected chi connectivity index (χ4v) is 1.77. The van der Waals surface area contributed by atoms with Crippen molar-refractivity contribution in [3.8, 4) is 0 Å². The van der Waals surface area contributed by atoms with E-state index in [4.69, 9.17) is 10.9 Å². The van der Waals surface area contributed by atoms with E-state index < -0.39 is 0 Å². The van der Waals surface area contributed by atoms with Gasteiger partial charge in [0.15, 0.2) is 5.84 Å². The quantitative estimate of drug-likeness (QED) is 0.345. The van der Waals surface area contributed by atoms with Gasteiger partial charge in [-0.25, -0.2) is 4.98 Å². The van der Waals surface area contributed by atoms with Gasteiger partial charge in [-0.1, -0.05) is 11.2 Å². The number of nitrogens with zero attached hydrogens (tertiary/aromatic N) is 3. The van der Waals surface area contributed by atoms with Crippen molar-refractivity contribution in [1.29, 1.82) is 0 Å². The lowest BCUT2D eigenvalue weighted by molar-refractivity contribution is 0.318. The summed E-state index contributed by atoms with van der Waals surface area (Å²) in [6, 6.07) is 6.18. The van der Waals surface area contributed by atoms with Crippen LogP contribution in [0.3, 0.4) is 0 Å². The zero-order chi connectivity index (χ0) is 11.5. The molecule has 0 saturated heterocycles. The van der Waals surface area contributed by atoms with Crippen LogP contribution in [0.4, 0.5) is 5.82 Å². The topological polar surface area (TPSA) is 74.7 Å². The number of nitrogens with two attached hydrogens (primary N) is 1. The Bertz CT molecular complexity index is 401. The third-order valence-electron chi connectivity index (χ3n) is 2.73. The zero-order valence-corrected chi connectivity index (χ0v) is 9.30. The van der Waals surface area contributed by atoms with Crippen molar-refractivity contribution < 1.29 is 5.21 Å². The van der Waals surface area contributed by atoms with Crippen molar-refractivity contribution in [2.75, 3.05) is 11.4 Å². The Labute approximate surface area is 94.6 Å². The molecule has 1 aliphatic rings. The number of oxime groups is 1. The summed E-state index contributed by atoms with van der Waals surface area (Å²) >= 11 is 0. The Hall–Kier alpha value is -1.78. The van der Waals surface area contributed by atoms with Crippen molar-refractivity contribution >= 4 is 11.7 Å². The molecule has 1 fully saturated rings. The Kier molecular flexibility index (Phi) is 2.94. The molecule has 16 heavy (non-hydrogen) atoms. The van der Waals surface area contributed by atoms with Gasteiger partial charge in [0.2, 0.25) is 0 Å². The highest BCUT2D eigenvalue weighted by molar-refractivity contribution is 5.95. The molecule has 1 heterocycles. The molecule has 0 unspecified atom stereocenters. The van der Waals surface area contributed by atoms with Crippen LogP contribution >= 0.6 is 0 Å². The minimum Gasteiger partial charge on any atom is -0.409 e. The van der Waals surface area contributed by atoms with Crippen LogP contribution in [0.1, 0.15) is 25.5 Å². The molecule has 1 aromatic heterocycles. The van der Waals surface area contributed by atoms with Crippen molar-refractivity contribution in [2.45, 2.75) is 25.8 Å². The molecule has 0 aliphatic heterocycles. The second kappa shape index (κ2) is 4.38. The molecule has 1 aliphatic carbocycles. The number of hydrogen-bond acceptors (Lipinski definition) is 4. The van der Waals surface area contributed by atoms with Crippen molar-refractivity contribution in [3.63, 3.8) is 0 Å². The van der Waals surface area contributed by atoms with Crippen molar-refractivity contribution in [2.24, 2.45) is 10.9 Å². The maximum absolute atomic E-state index is 8.61. The predicted molar refractivity (Wildman–Crippen MR) is 62.8 cm³/mol. The summed E-state index contributed by atoms with van der Waals surface area (Å²) in [6.07, 6.45) is 2.45. The van der Waals surface area contributed by atoms with E-state index in [0.717, 1.165) is 12.4 Å².